The lowest BCUT2D eigenvalue weighted by molar-refractivity contribution is -0.127. The Morgan fingerprint density at radius 1 is 1.41 bits per heavy atom. The van der Waals surface area contributed by atoms with Gasteiger partial charge in [0.05, 0.1) is 11.5 Å². The Hall–Kier alpha value is -0.770. The van der Waals surface area contributed by atoms with E-state index in [4.69, 9.17) is 23.2 Å². The zero-order valence-electron chi connectivity index (χ0n) is 12.8. The molecule has 0 saturated heterocycles. The van der Waals surface area contributed by atoms with Crippen LogP contribution in [-0.2, 0) is 4.79 Å². The van der Waals surface area contributed by atoms with Crippen LogP contribution in [0.15, 0.2) is 29.6 Å². The minimum atomic E-state index is -0.956. The molecular weight excluding hydrogens is 337 g/mol. The Labute approximate surface area is 144 Å². The minimum Gasteiger partial charge on any atom is -0.349 e. The molecule has 1 N–H and O–H groups in total. The summed E-state index contributed by atoms with van der Waals surface area (Å²) in [6, 6.07) is 8.17. The lowest BCUT2D eigenvalue weighted by Gasteiger charge is -2.20. The molecule has 3 unspecified atom stereocenters. The zero-order chi connectivity index (χ0) is 16.1. The average Bonchev–Trinajstić information content (AvgIpc) is 2.80. The summed E-state index contributed by atoms with van der Waals surface area (Å²) in [5, 5.41) is 6.42. The van der Waals surface area contributed by atoms with Crippen LogP contribution < -0.4 is 5.32 Å². The van der Waals surface area contributed by atoms with Crippen molar-refractivity contribution in [1.29, 1.82) is 0 Å². The second-order valence-electron chi connectivity index (χ2n) is 6.05. The van der Waals surface area contributed by atoms with Crippen LogP contribution in [0.2, 0.25) is 0 Å². The number of rotatable bonds is 4. The van der Waals surface area contributed by atoms with Crippen LogP contribution in [0, 0.1) is 11.3 Å². The van der Waals surface area contributed by atoms with Gasteiger partial charge in [0, 0.05) is 10.6 Å². The first-order valence-electron chi connectivity index (χ1n) is 7.51. The number of alkyl halides is 2. The van der Waals surface area contributed by atoms with Crippen molar-refractivity contribution in [2.45, 2.75) is 37.6 Å². The SMILES string of the molecule is CCC1(C(=O)NC(C)c2csc3ccccc23)C(C)C1(Cl)Cl. The Morgan fingerprint density at radius 3 is 2.64 bits per heavy atom. The molecular formula is C17H19Cl2NOS. The number of fused-ring (bicyclic) bond motifs is 1. The van der Waals surface area contributed by atoms with E-state index < -0.39 is 9.75 Å². The Kier molecular flexibility index (Phi) is 3.95. The third-order valence-corrected chi connectivity index (χ3v) is 7.39. The van der Waals surface area contributed by atoms with Crippen molar-refractivity contribution in [1.82, 2.24) is 5.32 Å². The fourth-order valence-corrected chi connectivity index (χ4v) is 5.51. The second-order valence-corrected chi connectivity index (χ2v) is 8.35. The molecule has 2 nitrogen and oxygen atoms in total. The maximum atomic E-state index is 12.7. The van der Waals surface area contributed by atoms with Gasteiger partial charge in [0.15, 0.2) is 0 Å². The van der Waals surface area contributed by atoms with Gasteiger partial charge in [0.25, 0.3) is 0 Å². The third kappa shape index (κ3) is 2.10. The van der Waals surface area contributed by atoms with Gasteiger partial charge >= 0.3 is 0 Å². The molecule has 2 aromatic rings. The summed E-state index contributed by atoms with van der Waals surface area (Å²) in [7, 11) is 0. The summed E-state index contributed by atoms with van der Waals surface area (Å²) in [5.74, 6) is -0.0740. The number of carbonyl (C=O) groups is 1. The van der Waals surface area contributed by atoms with Crippen LogP contribution in [-0.4, -0.2) is 10.2 Å². The first kappa shape index (κ1) is 16.1. The molecule has 1 saturated carbocycles. The maximum Gasteiger partial charge on any atom is 0.230 e. The van der Waals surface area contributed by atoms with Crippen LogP contribution in [0.25, 0.3) is 10.1 Å². The summed E-state index contributed by atoms with van der Waals surface area (Å²) in [6.07, 6.45) is 0.643. The van der Waals surface area contributed by atoms with Crippen LogP contribution in [0.3, 0.4) is 0 Å². The highest BCUT2D eigenvalue weighted by atomic mass is 35.5. The van der Waals surface area contributed by atoms with E-state index in [-0.39, 0.29) is 17.9 Å². The van der Waals surface area contributed by atoms with E-state index in [2.05, 4.69) is 22.8 Å². The highest BCUT2D eigenvalue weighted by Crippen LogP contribution is 2.70. The molecule has 1 fully saturated rings. The Bertz CT molecular complexity index is 726. The molecule has 1 amide bonds. The number of hydrogen-bond donors (Lipinski definition) is 1. The maximum absolute atomic E-state index is 12.7. The number of halogens is 2. The monoisotopic (exact) mass is 355 g/mol. The predicted molar refractivity (Wildman–Crippen MR) is 94.7 cm³/mol. The van der Waals surface area contributed by atoms with Gasteiger partial charge in [0.2, 0.25) is 5.91 Å². The topological polar surface area (TPSA) is 29.1 Å². The van der Waals surface area contributed by atoms with Crippen molar-refractivity contribution in [2.75, 3.05) is 0 Å². The highest BCUT2D eigenvalue weighted by Gasteiger charge is 2.76. The third-order valence-electron chi connectivity index (χ3n) is 5.08. The number of thiophene rings is 1. The van der Waals surface area contributed by atoms with Gasteiger partial charge in [-0.2, -0.15) is 0 Å². The Balaban J connectivity index is 1.83. The molecule has 0 radical (unpaired) electrons. The smallest absolute Gasteiger partial charge is 0.230 e. The molecule has 1 heterocycles. The number of nitrogens with one attached hydrogen (secondary N) is 1. The van der Waals surface area contributed by atoms with Gasteiger partial charge in [-0.3, -0.25) is 4.79 Å². The lowest BCUT2D eigenvalue weighted by atomic mass is 9.98. The summed E-state index contributed by atoms with van der Waals surface area (Å²) in [6.45, 7) is 5.91. The standard InChI is InChI=1S/C17H19Cl2NOS/c1-4-16(11(3)17(16,18)19)15(21)20-10(2)13-9-22-14-8-6-5-7-12(13)14/h5-11H,4H2,1-3H3,(H,20,21). The summed E-state index contributed by atoms with van der Waals surface area (Å²) < 4.78 is 0.273. The van der Waals surface area contributed by atoms with Crippen LogP contribution in [0.4, 0.5) is 0 Å². The molecule has 118 valence electrons. The van der Waals surface area contributed by atoms with Crippen molar-refractivity contribution >= 4 is 50.5 Å². The van der Waals surface area contributed by atoms with Crippen molar-refractivity contribution in [3.8, 4) is 0 Å². The number of hydrogen-bond acceptors (Lipinski definition) is 2. The quantitative estimate of drug-likeness (QED) is 0.740. The minimum absolute atomic E-state index is 0.0280. The molecule has 5 heteroatoms. The zero-order valence-corrected chi connectivity index (χ0v) is 15.1. The van der Waals surface area contributed by atoms with E-state index in [0.29, 0.717) is 6.42 Å². The largest absolute Gasteiger partial charge is 0.349 e. The molecule has 22 heavy (non-hydrogen) atoms. The van der Waals surface area contributed by atoms with Crippen LogP contribution in [0.1, 0.15) is 38.8 Å². The molecule has 0 bridgehead atoms. The molecule has 0 aliphatic heterocycles. The summed E-state index contributed by atoms with van der Waals surface area (Å²) in [4.78, 5) is 12.7. The molecule has 1 aliphatic rings. The molecule has 1 aromatic carbocycles. The van der Waals surface area contributed by atoms with Crippen molar-refractivity contribution in [3.63, 3.8) is 0 Å². The van der Waals surface area contributed by atoms with Crippen molar-refractivity contribution < 1.29 is 4.79 Å². The fourth-order valence-electron chi connectivity index (χ4n) is 3.43. The second kappa shape index (κ2) is 5.40. The van der Waals surface area contributed by atoms with E-state index >= 15 is 0 Å². The normalized spacial score (nSPS) is 27.6. The number of carbonyl (C=O) groups excluding carboxylic acids is 1. The summed E-state index contributed by atoms with van der Waals surface area (Å²) >= 11 is 14.3. The van der Waals surface area contributed by atoms with E-state index in [9.17, 15) is 4.79 Å². The van der Waals surface area contributed by atoms with Crippen LogP contribution in [0.5, 0.6) is 0 Å². The van der Waals surface area contributed by atoms with Gasteiger partial charge in [-0.25, -0.2) is 0 Å². The van der Waals surface area contributed by atoms with Gasteiger partial charge in [0.1, 0.15) is 4.33 Å². The fraction of sp³-hybridized carbons (Fsp3) is 0.471. The van der Waals surface area contributed by atoms with Crippen molar-refractivity contribution in [3.05, 3.63) is 35.2 Å². The predicted octanol–water partition coefficient (Wildman–Crippen LogP) is 5.30. The van der Waals surface area contributed by atoms with E-state index in [1.54, 1.807) is 11.3 Å². The first-order chi connectivity index (χ1) is 10.4. The summed E-state index contributed by atoms with van der Waals surface area (Å²) in [5.41, 5.74) is 0.471. The highest BCUT2D eigenvalue weighted by molar-refractivity contribution is 7.17. The average molecular weight is 356 g/mol. The molecule has 1 aromatic heterocycles. The molecule has 1 aliphatic carbocycles. The van der Waals surface area contributed by atoms with E-state index in [1.807, 2.05) is 32.9 Å². The number of amides is 1. The van der Waals surface area contributed by atoms with Gasteiger partial charge in [-0.1, -0.05) is 32.0 Å². The first-order valence-corrected chi connectivity index (χ1v) is 9.14. The van der Waals surface area contributed by atoms with Crippen molar-refractivity contribution in [2.24, 2.45) is 11.3 Å². The van der Waals surface area contributed by atoms with Crippen LogP contribution >= 0.6 is 34.5 Å². The van der Waals surface area contributed by atoms with E-state index in [0.717, 1.165) is 5.56 Å². The Morgan fingerprint density at radius 2 is 2.05 bits per heavy atom. The van der Waals surface area contributed by atoms with Gasteiger partial charge < -0.3 is 5.32 Å². The lowest BCUT2D eigenvalue weighted by Crippen LogP contribution is -2.36. The van der Waals surface area contributed by atoms with Gasteiger partial charge in [-0.05, 0) is 35.7 Å². The van der Waals surface area contributed by atoms with E-state index in [1.165, 1.54) is 10.1 Å². The molecule has 0 spiro atoms. The van der Waals surface area contributed by atoms with Gasteiger partial charge in [-0.15, -0.1) is 34.5 Å². The number of benzene rings is 1. The molecule has 3 rings (SSSR count). The molecule has 3 atom stereocenters.